The van der Waals surface area contributed by atoms with Gasteiger partial charge in [-0.05, 0) is 0 Å². The van der Waals surface area contributed by atoms with Gasteiger partial charge in [-0.25, -0.2) is 0 Å². The third-order valence-electron chi connectivity index (χ3n) is 10.8. The molecule has 1 atom stereocenters. The van der Waals surface area contributed by atoms with Gasteiger partial charge in [-0.2, -0.15) is 0 Å². The normalized spacial score (nSPS) is 13.5. The molecule has 0 radical (unpaired) electrons. The van der Waals surface area contributed by atoms with Gasteiger partial charge in [0.15, 0.2) is 0 Å². The first-order valence-electron chi connectivity index (χ1n) is 17.6. The van der Waals surface area contributed by atoms with Crippen molar-refractivity contribution in [1.29, 1.82) is 0 Å². The summed E-state index contributed by atoms with van der Waals surface area (Å²) in [6.45, 7) is 4.79. The third kappa shape index (κ3) is 5.62. The quantitative estimate of drug-likeness (QED) is 0.140. The number of benzene rings is 6. The van der Waals surface area contributed by atoms with Gasteiger partial charge in [-0.3, -0.25) is 0 Å². The molecular formula is C46H44N2P2. The number of fused-ring (bicyclic) bond motifs is 2. The van der Waals surface area contributed by atoms with Gasteiger partial charge >= 0.3 is 301 Å². The van der Waals surface area contributed by atoms with E-state index in [0.29, 0.717) is 8.58 Å². The summed E-state index contributed by atoms with van der Waals surface area (Å²) in [4.78, 5) is 4.99. The summed E-state index contributed by atoms with van der Waals surface area (Å²) in [7, 11) is 2.47. The molecule has 50 heavy (non-hydrogen) atoms. The molecule has 6 aromatic rings. The van der Waals surface area contributed by atoms with Crippen molar-refractivity contribution in [2.24, 2.45) is 0 Å². The van der Waals surface area contributed by atoms with Crippen molar-refractivity contribution in [3.63, 3.8) is 0 Å². The topological polar surface area (TPSA) is 6.48 Å². The Morgan fingerprint density at radius 3 is 2.04 bits per heavy atom. The Balaban J connectivity index is 1.38. The van der Waals surface area contributed by atoms with Crippen LogP contribution in [0.3, 0.4) is 0 Å². The fourth-order valence-corrected chi connectivity index (χ4v) is 13.6. The van der Waals surface area contributed by atoms with E-state index in [1.54, 1.807) is 0 Å². The third-order valence-corrected chi connectivity index (χ3v) is 16.5. The average Bonchev–Trinajstić information content (AvgIpc) is 3.85. The zero-order chi connectivity index (χ0) is 34.2. The summed E-state index contributed by atoms with van der Waals surface area (Å²) in [5.41, 5.74) is 12.0. The first kappa shape index (κ1) is 32.5. The zero-order valence-corrected chi connectivity index (χ0v) is 31.3. The Hall–Kier alpha value is -4.74. The van der Waals surface area contributed by atoms with Gasteiger partial charge in [-0.1, -0.05) is 0 Å². The van der Waals surface area contributed by atoms with Crippen molar-refractivity contribution < 1.29 is 0 Å². The van der Waals surface area contributed by atoms with Crippen LogP contribution in [0.25, 0.3) is 12.2 Å². The van der Waals surface area contributed by atoms with Crippen molar-refractivity contribution in [1.82, 2.24) is 0 Å². The maximum atomic E-state index is 2.59. The molecule has 0 saturated carbocycles. The molecule has 2 aliphatic rings. The van der Waals surface area contributed by atoms with Crippen LogP contribution in [-0.4, -0.2) is 20.8 Å². The number of allylic oxidation sites excluding steroid dienone is 2. The molecule has 4 heteroatoms. The fourth-order valence-electron chi connectivity index (χ4n) is 8.17. The molecule has 8 rings (SSSR count). The van der Waals surface area contributed by atoms with Gasteiger partial charge in [-0.15, -0.1) is 0 Å². The van der Waals surface area contributed by atoms with Crippen LogP contribution < -0.4 is 36.3 Å². The predicted molar refractivity (Wildman–Crippen MR) is 226 cm³/mol. The Morgan fingerprint density at radius 2 is 1.26 bits per heavy atom. The minimum atomic E-state index is -2.66. The summed E-state index contributed by atoms with van der Waals surface area (Å²) in [6.07, 6.45) is 11.3. The molecule has 248 valence electrons. The average molecular weight is 687 g/mol. The maximum absolute atomic E-state index is 2.66. The van der Waals surface area contributed by atoms with Crippen molar-refractivity contribution in [3.8, 4) is 0 Å². The van der Waals surface area contributed by atoms with Crippen LogP contribution in [0.2, 0.25) is 0 Å². The summed E-state index contributed by atoms with van der Waals surface area (Å²) in [6, 6.07) is 49.8. The van der Waals surface area contributed by atoms with Crippen LogP contribution in [0, 0.1) is 6.92 Å². The van der Waals surface area contributed by atoms with Gasteiger partial charge in [0.2, 0.25) is 0 Å². The van der Waals surface area contributed by atoms with Gasteiger partial charge in [0, 0.05) is 0 Å². The van der Waals surface area contributed by atoms with E-state index in [9.17, 15) is 0 Å². The standard InChI is InChI=1S/C46H44N2P2/c1-33-17-11-12-26-40(33)47(2)41-27-13-14-28-43(41)50(4,37-22-9-6-10-23-37)44-32-30-35-19-16-25-39(35)46(44)48(3)45-38-24-15-18-34(38)29-31-42(45)49-36-20-7-5-8-21-36/h5-17,19-24,26-32,49-50H,18,25H2,1-4H3. The second kappa shape index (κ2) is 13.5. The number of rotatable bonds is 9. The van der Waals surface area contributed by atoms with E-state index in [4.69, 9.17) is 0 Å². The molecule has 0 fully saturated rings. The van der Waals surface area contributed by atoms with Crippen molar-refractivity contribution in [2.45, 2.75) is 19.8 Å². The predicted octanol–water partition coefficient (Wildman–Crippen LogP) is 8.95. The SMILES string of the molecule is Cc1ccccc1N(C)c1ccccc1[PH](C)(c1ccccc1)c1ccc2c(c1N(C)c1c(Pc3ccccc3)ccc3c1C=CC3)CC=C2. The number of nitrogens with zero attached hydrogens (tertiary/aromatic N) is 2. The van der Waals surface area contributed by atoms with Gasteiger partial charge in [0.25, 0.3) is 0 Å². The van der Waals surface area contributed by atoms with E-state index >= 15 is 0 Å². The zero-order valence-electron chi connectivity index (χ0n) is 29.3. The van der Waals surface area contributed by atoms with Gasteiger partial charge < -0.3 is 0 Å². The molecule has 0 spiro atoms. The first-order chi connectivity index (χ1) is 24.4. The van der Waals surface area contributed by atoms with Gasteiger partial charge in [0.1, 0.15) is 0 Å². The molecule has 0 saturated heterocycles. The monoisotopic (exact) mass is 686 g/mol. The Labute approximate surface area is 299 Å². The summed E-state index contributed by atoms with van der Waals surface area (Å²) in [5, 5.41) is 7.04. The Bertz CT molecular complexity index is 2260. The van der Waals surface area contributed by atoms with E-state index in [1.807, 2.05) is 0 Å². The van der Waals surface area contributed by atoms with Crippen LogP contribution in [0.15, 0.2) is 146 Å². The molecule has 1 unspecified atom stereocenters. The van der Waals surface area contributed by atoms with E-state index in [-0.39, 0.29) is 0 Å². The number of hydrogen-bond acceptors (Lipinski definition) is 2. The molecule has 2 aliphatic carbocycles. The van der Waals surface area contributed by atoms with E-state index in [1.165, 1.54) is 77.1 Å². The van der Waals surface area contributed by atoms with Crippen molar-refractivity contribution >= 4 is 77.3 Å². The molecule has 2 nitrogen and oxygen atoms in total. The van der Waals surface area contributed by atoms with Gasteiger partial charge in [0.05, 0.1) is 0 Å². The van der Waals surface area contributed by atoms with Crippen LogP contribution >= 0.6 is 15.8 Å². The van der Waals surface area contributed by atoms with Crippen molar-refractivity contribution in [2.75, 3.05) is 30.6 Å². The van der Waals surface area contributed by atoms with Crippen LogP contribution in [0.5, 0.6) is 0 Å². The Morgan fingerprint density at radius 1 is 0.580 bits per heavy atom. The molecule has 0 heterocycles. The summed E-state index contributed by atoms with van der Waals surface area (Å²) in [5.74, 6) is 0. The number of para-hydroxylation sites is 2. The molecular weight excluding hydrogens is 642 g/mol. The van der Waals surface area contributed by atoms with E-state index in [2.05, 4.69) is 195 Å². The molecule has 6 aromatic carbocycles. The molecule has 0 aromatic heterocycles. The minimum absolute atomic E-state index is 0.567. The fraction of sp³-hybridized carbons (Fsp3) is 0.130. The summed E-state index contributed by atoms with van der Waals surface area (Å²) < 4.78 is 0. The van der Waals surface area contributed by atoms with E-state index in [0.717, 1.165) is 12.8 Å². The second-order valence-electron chi connectivity index (χ2n) is 13.7. The second-order valence-corrected chi connectivity index (χ2v) is 19.0. The number of hydrogen-bond donors (Lipinski definition) is 0. The van der Waals surface area contributed by atoms with Crippen molar-refractivity contribution in [3.05, 3.63) is 173 Å². The Kier molecular flexibility index (Phi) is 8.78. The summed E-state index contributed by atoms with van der Waals surface area (Å²) >= 11 is 0. The molecule has 0 amide bonds. The molecule has 0 aliphatic heterocycles. The molecule has 0 bridgehead atoms. The number of anilines is 4. The van der Waals surface area contributed by atoms with E-state index < -0.39 is 7.26 Å². The molecule has 0 N–H and O–H groups in total. The first-order valence-corrected chi connectivity index (χ1v) is 21.1. The van der Waals surface area contributed by atoms with Crippen LogP contribution in [0.1, 0.15) is 27.8 Å². The number of aryl methyl sites for hydroxylation is 1. The van der Waals surface area contributed by atoms with Crippen LogP contribution in [0.4, 0.5) is 22.7 Å². The van der Waals surface area contributed by atoms with Crippen LogP contribution in [-0.2, 0) is 12.8 Å².